The molecular weight excluding hydrogens is 355 g/mol. The highest BCUT2D eigenvalue weighted by Gasteiger charge is 2.38. The predicted octanol–water partition coefficient (Wildman–Crippen LogP) is 1.77. The Balaban J connectivity index is 0.000000298. The van der Waals surface area contributed by atoms with Crippen LogP contribution >= 0.6 is 0 Å². The third-order valence-corrected chi connectivity index (χ3v) is 4.46. The van der Waals surface area contributed by atoms with Crippen molar-refractivity contribution >= 4 is 5.97 Å². The number of rotatable bonds is 3. The fourth-order valence-electron chi connectivity index (χ4n) is 3.07. The van der Waals surface area contributed by atoms with Gasteiger partial charge < -0.3 is 14.6 Å². The van der Waals surface area contributed by atoms with Gasteiger partial charge in [0.05, 0.1) is 18.3 Å². The normalized spacial score (nSPS) is 22.1. The molecule has 26 heavy (non-hydrogen) atoms. The molecule has 1 aromatic heterocycles. The number of carboxylic acids is 1. The van der Waals surface area contributed by atoms with Crippen molar-refractivity contribution in [2.45, 2.75) is 38.2 Å². The van der Waals surface area contributed by atoms with Gasteiger partial charge in [-0.15, -0.1) is 0 Å². The van der Waals surface area contributed by atoms with Gasteiger partial charge in [0.15, 0.2) is 0 Å². The maximum Gasteiger partial charge on any atom is 0.490 e. The summed E-state index contributed by atoms with van der Waals surface area (Å²) in [5.41, 5.74) is 1.30. The van der Waals surface area contributed by atoms with Crippen LogP contribution in [0.4, 0.5) is 13.2 Å². The molecule has 2 aliphatic heterocycles. The van der Waals surface area contributed by atoms with E-state index in [1.54, 1.807) is 7.11 Å². The zero-order valence-electron chi connectivity index (χ0n) is 14.6. The van der Waals surface area contributed by atoms with Crippen molar-refractivity contribution < 1.29 is 32.5 Å². The van der Waals surface area contributed by atoms with E-state index in [-0.39, 0.29) is 6.10 Å². The topological polar surface area (TPSA) is 76.8 Å². The first-order chi connectivity index (χ1) is 12.3. The van der Waals surface area contributed by atoms with Crippen molar-refractivity contribution in [1.29, 1.82) is 0 Å². The van der Waals surface area contributed by atoms with Crippen molar-refractivity contribution in [3.63, 3.8) is 0 Å². The molecule has 0 saturated carbocycles. The van der Waals surface area contributed by atoms with Gasteiger partial charge in [-0.1, -0.05) is 0 Å². The summed E-state index contributed by atoms with van der Waals surface area (Å²) >= 11 is 0. The number of aliphatic carboxylic acids is 1. The molecule has 10 heteroatoms. The zero-order valence-corrected chi connectivity index (χ0v) is 14.6. The monoisotopic (exact) mass is 379 g/mol. The highest BCUT2D eigenvalue weighted by Crippen LogP contribution is 2.20. The third kappa shape index (κ3) is 6.26. The number of methoxy groups -OCH3 is 1. The lowest BCUT2D eigenvalue weighted by Gasteiger charge is -2.29. The number of aromatic nitrogens is 2. The van der Waals surface area contributed by atoms with Crippen molar-refractivity contribution in [3.05, 3.63) is 18.0 Å². The van der Waals surface area contributed by atoms with Crippen LogP contribution in [0, 0.1) is 5.92 Å². The number of carbonyl (C=O) groups is 1. The molecule has 1 saturated heterocycles. The molecule has 1 N–H and O–H groups in total. The Morgan fingerprint density at radius 1 is 1.38 bits per heavy atom. The van der Waals surface area contributed by atoms with E-state index >= 15 is 0 Å². The Labute approximate surface area is 149 Å². The van der Waals surface area contributed by atoms with Crippen LogP contribution in [-0.2, 0) is 27.4 Å². The number of ether oxygens (including phenoxy) is 2. The van der Waals surface area contributed by atoms with Crippen LogP contribution in [-0.4, -0.2) is 71.4 Å². The first kappa shape index (κ1) is 20.7. The molecule has 0 radical (unpaired) electrons. The lowest BCUT2D eigenvalue weighted by molar-refractivity contribution is -0.192. The molecule has 1 unspecified atom stereocenters. The number of hydrogen-bond acceptors (Lipinski definition) is 5. The minimum atomic E-state index is -5.08. The van der Waals surface area contributed by atoms with Crippen molar-refractivity contribution in [3.8, 4) is 0 Å². The van der Waals surface area contributed by atoms with E-state index in [2.05, 4.69) is 20.7 Å². The fraction of sp³-hybridized carbons (Fsp3) is 0.750. The van der Waals surface area contributed by atoms with Crippen molar-refractivity contribution in [2.75, 3.05) is 33.4 Å². The van der Waals surface area contributed by atoms with Crippen molar-refractivity contribution in [1.82, 2.24) is 14.7 Å². The Morgan fingerprint density at radius 3 is 2.62 bits per heavy atom. The van der Waals surface area contributed by atoms with Crippen LogP contribution in [0.25, 0.3) is 0 Å². The summed E-state index contributed by atoms with van der Waals surface area (Å²) in [6.07, 6.45) is -0.582. The maximum absolute atomic E-state index is 10.6. The molecule has 1 fully saturated rings. The minimum Gasteiger partial charge on any atom is -0.475 e. The quantitative estimate of drug-likeness (QED) is 0.863. The van der Waals surface area contributed by atoms with E-state index < -0.39 is 12.1 Å². The van der Waals surface area contributed by atoms with E-state index in [1.807, 2.05) is 6.20 Å². The average molecular weight is 379 g/mol. The van der Waals surface area contributed by atoms with E-state index in [0.717, 1.165) is 45.3 Å². The SMILES string of the molecule is COC1CN(CC2CCOCC2)Cc2ccnn2C1.O=C(O)C(F)(F)F. The maximum atomic E-state index is 10.6. The molecule has 3 rings (SSSR count). The van der Waals surface area contributed by atoms with Gasteiger partial charge in [-0.3, -0.25) is 9.58 Å². The molecule has 7 nitrogen and oxygen atoms in total. The van der Waals surface area contributed by atoms with Gasteiger partial charge in [-0.25, -0.2) is 4.79 Å². The first-order valence-electron chi connectivity index (χ1n) is 8.43. The van der Waals surface area contributed by atoms with Gasteiger partial charge in [0.1, 0.15) is 0 Å². The Morgan fingerprint density at radius 2 is 2.04 bits per heavy atom. The van der Waals surface area contributed by atoms with Crippen LogP contribution < -0.4 is 0 Å². The van der Waals surface area contributed by atoms with Crippen LogP contribution in [0.5, 0.6) is 0 Å². The molecule has 0 spiro atoms. The molecule has 1 aromatic rings. The molecule has 1 atom stereocenters. The molecule has 0 bridgehead atoms. The van der Waals surface area contributed by atoms with Crippen LogP contribution in [0.1, 0.15) is 18.5 Å². The second kappa shape index (κ2) is 9.33. The molecular formula is C16H24F3N3O4. The Bertz CT molecular complexity index is 573. The zero-order chi connectivity index (χ0) is 19.2. The van der Waals surface area contributed by atoms with Crippen LogP contribution in [0.2, 0.25) is 0 Å². The summed E-state index contributed by atoms with van der Waals surface area (Å²) in [7, 11) is 1.80. The Kier molecular flexibility index (Phi) is 7.42. The van der Waals surface area contributed by atoms with E-state index in [0.29, 0.717) is 0 Å². The number of hydrogen-bond donors (Lipinski definition) is 1. The second-order valence-corrected chi connectivity index (χ2v) is 6.42. The number of alkyl halides is 3. The van der Waals surface area contributed by atoms with E-state index in [1.165, 1.54) is 18.5 Å². The summed E-state index contributed by atoms with van der Waals surface area (Å²) in [5.74, 6) is -1.99. The molecule has 0 aliphatic carbocycles. The van der Waals surface area contributed by atoms with Gasteiger partial charge in [0.2, 0.25) is 0 Å². The van der Waals surface area contributed by atoms with Gasteiger partial charge in [-0.2, -0.15) is 18.3 Å². The van der Waals surface area contributed by atoms with Crippen molar-refractivity contribution in [2.24, 2.45) is 5.92 Å². The molecule has 148 valence electrons. The Hall–Kier alpha value is -1.65. The second-order valence-electron chi connectivity index (χ2n) is 6.42. The fourth-order valence-corrected chi connectivity index (χ4v) is 3.07. The summed E-state index contributed by atoms with van der Waals surface area (Å²) in [4.78, 5) is 11.4. The summed E-state index contributed by atoms with van der Waals surface area (Å²) in [6, 6.07) is 2.12. The lowest BCUT2D eigenvalue weighted by Crippen LogP contribution is -2.37. The van der Waals surface area contributed by atoms with Gasteiger partial charge in [-0.05, 0) is 24.8 Å². The third-order valence-electron chi connectivity index (χ3n) is 4.46. The number of halogens is 3. The summed E-state index contributed by atoms with van der Waals surface area (Å²) < 4.78 is 44.8. The van der Waals surface area contributed by atoms with Crippen LogP contribution in [0.3, 0.4) is 0 Å². The highest BCUT2D eigenvalue weighted by atomic mass is 19.4. The number of fused-ring (bicyclic) bond motifs is 1. The molecule has 3 heterocycles. The minimum absolute atomic E-state index is 0.237. The van der Waals surface area contributed by atoms with E-state index in [4.69, 9.17) is 19.4 Å². The molecule has 0 aromatic carbocycles. The van der Waals surface area contributed by atoms with Crippen LogP contribution in [0.15, 0.2) is 12.3 Å². The first-order valence-corrected chi connectivity index (χ1v) is 8.43. The van der Waals surface area contributed by atoms with Gasteiger partial charge in [0.25, 0.3) is 0 Å². The predicted molar refractivity (Wildman–Crippen MR) is 85.5 cm³/mol. The van der Waals surface area contributed by atoms with E-state index in [9.17, 15) is 13.2 Å². The largest absolute Gasteiger partial charge is 0.490 e. The summed E-state index contributed by atoms with van der Waals surface area (Å²) in [5, 5.41) is 11.5. The molecule has 2 aliphatic rings. The lowest BCUT2D eigenvalue weighted by atomic mass is 9.99. The number of nitrogens with zero attached hydrogens (tertiary/aromatic N) is 3. The smallest absolute Gasteiger partial charge is 0.475 e. The number of carboxylic acid groups (broad SMARTS) is 1. The standard InChI is InChI=1S/C14H23N3O2.C2HF3O2/c1-18-14-10-16(8-12-3-6-19-7-4-12)9-13-2-5-15-17(13)11-14;3-2(4,5)1(6)7/h2,5,12,14H,3-4,6-11H2,1H3;(H,6,7). The highest BCUT2D eigenvalue weighted by molar-refractivity contribution is 5.73. The van der Waals surface area contributed by atoms with Gasteiger partial charge >= 0.3 is 12.1 Å². The molecule has 0 amide bonds. The summed E-state index contributed by atoms with van der Waals surface area (Å²) in [6.45, 7) is 5.83. The average Bonchev–Trinajstić information content (AvgIpc) is 2.94. The van der Waals surface area contributed by atoms with Gasteiger partial charge in [0, 0.05) is 46.2 Å².